The number of hydrogen-bond acceptors (Lipinski definition) is 1. The molecule has 0 aromatic heterocycles. The van der Waals surface area contributed by atoms with Crippen LogP contribution in [0, 0.1) is 11.8 Å². The number of hydrogen-bond donors (Lipinski definition) is 0. The summed E-state index contributed by atoms with van der Waals surface area (Å²) in [5, 5.41) is 0. The first kappa shape index (κ1) is 14.1. The van der Waals surface area contributed by atoms with Crippen LogP contribution in [0.3, 0.4) is 0 Å². The van der Waals surface area contributed by atoms with E-state index in [2.05, 4.69) is 30.9 Å². The molecule has 1 fully saturated rings. The second-order valence-electron chi connectivity index (χ2n) is 5.95. The average Bonchev–Trinajstić information content (AvgIpc) is 2.46. The zero-order valence-electron chi connectivity index (χ0n) is 12.1. The van der Waals surface area contributed by atoms with Gasteiger partial charge in [0.25, 0.3) is 0 Å². The van der Waals surface area contributed by atoms with Crippen LogP contribution in [0.4, 0.5) is 0 Å². The summed E-state index contributed by atoms with van der Waals surface area (Å²) in [5.74, 6) is 1.88. The fourth-order valence-corrected chi connectivity index (χ4v) is 2.87. The average molecular weight is 259 g/mol. The van der Waals surface area contributed by atoms with Crippen LogP contribution in [-0.2, 0) is 11.2 Å². The third-order valence-electron chi connectivity index (χ3n) is 4.31. The summed E-state index contributed by atoms with van der Waals surface area (Å²) < 4.78 is 0. The maximum absolute atomic E-state index is 12.2. The van der Waals surface area contributed by atoms with Gasteiger partial charge in [-0.25, -0.2) is 0 Å². The van der Waals surface area contributed by atoms with Gasteiger partial charge in [-0.2, -0.15) is 0 Å². The SMILES string of the molecule is CC(C)C1CCN(C(=O)CCc2ccccc2)CC1. The highest BCUT2D eigenvalue weighted by atomic mass is 16.2. The number of nitrogens with zero attached hydrogens (tertiary/aromatic N) is 1. The van der Waals surface area contributed by atoms with Crippen molar-refractivity contribution in [1.29, 1.82) is 0 Å². The zero-order chi connectivity index (χ0) is 13.7. The molecule has 2 rings (SSSR count). The zero-order valence-corrected chi connectivity index (χ0v) is 12.1. The van der Waals surface area contributed by atoms with Crippen LogP contribution in [0.5, 0.6) is 0 Å². The molecular formula is C17H25NO. The highest BCUT2D eigenvalue weighted by molar-refractivity contribution is 5.76. The van der Waals surface area contributed by atoms with Crippen molar-refractivity contribution in [2.45, 2.75) is 39.5 Å². The summed E-state index contributed by atoms with van der Waals surface area (Å²) in [7, 11) is 0. The van der Waals surface area contributed by atoms with Crippen molar-refractivity contribution >= 4 is 5.91 Å². The molecule has 2 heteroatoms. The van der Waals surface area contributed by atoms with E-state index in [1.807, 2.05) is 18.2 Å². The van der Waals surface area contributed by atoms with Gasteiger partial charge in [0.05, 0.1) is 0 Å². The lowest BCUT2D eigenvalue weighted by Crippen LogP contribution is -2.39. The molecule has 2 nitrogen and oxygen atoms in total. The Bertz CT molecular complexity index is 391. The minimum atomic E-state index is 0.325. The molecule has 1 aliphatic heterocycles. The molecule has 1 aromatic rings. The maximum Gasteiger partial charge on any atom is 0.222 e. The maximum atomic E-state index is 12.2. The number of benzene rings is 1. The van der Waals surface area contributed by atoms with Gasteiger partial charge in [-0.15, -0.1) is 0 Å². The lowest BCUT2D eigenvalue weighted by atomic mass is 9.86. The third-order valence-corrected chi connectivity index (χ3v) is 4.31. The van der Waals surface area contributed by atoms with Crippen LogP contribution in [0.25, 0.3) is 0 Å². The second kappa shape index (κ2) is 6.74. The summed E-state index contributed by atoms with van der Waals surface area (Å²) in [6.45, 7) is 6.49. The highest BCUT2D eigenvalue weighted by Crippen LogP contribution is 2.24. The molecule has 1 aromatic carbocycles. The minimum absolute atomic E-state index is 0.325. The Kier molecular flexibility index (Phi) is 5.00. The summed E-state index contributed by atoms with van der Waals surface area (Å²) in [6.07, 6.45) is 3.86. The molecule has 0 radical (unpaired) electrons. The van der Waals surface area contributed by atoms with Crippen LogP contribution in [0.1, 0.15) is 38.7 Å². The molecule has 0 aliphatic carbocycles. The number of rotatable bonds is 4. The smallest absolute Gasteiger partial charge is 0.222 e. The van der Waals surface area contributed by atoms with Crippen molar-refractivity contribution in [3.8, 4) is 0 Å². The predicted octanol–water partition coefficient (Wildman–Crippen LogP) is 3.51. The number of piperidine rings is 1. The van der Waals surface area contributed by atoms with Crippen molar-refractivity contribution in [2.75, 3.05) is 13.1 Å². The summed E-state index contributed by atoms with van der Waals surface area (Å²) in [4.78, 5) is 14.2. The lowest BCUT2D eigenvalue weighted by Gasteiger charge is -2.34. The van der Waals surface area contributed by atoms with E-state index in [1.165, 1.54) is 18.4 Å². The Morgan fingerprint density at radius 2 is 1.84 bits per heavy atom. The van der Waals surface area contributed by atoms with E-state index in [-0.39, 0.29) is 0 Å². The number of likely N-dealkylation sites (tertiary alicyclic amines) is 1. The molecule has 0 bridgehead atoms. The van der Waals surface area contributed by atoms with Gasteiger partial charge in [0.1, 0.15) is 0 Å². The van der Waals surface area contributed by atoms with Crippen LogP contribution >= 0.6 is 0 Å². The molecule has 1 saturated heterocycles. The molecule has 1 heterocycles. The third kappa shape index (κ3) is 4.09. The quantitative estimate of drug-likeness (QED) is 0.810. The first-order chi connectivity index (χ1) is 9.16. The number of aryl methyl sites for hydroxylation is 1. The Hall–Kier alpha value is -1.31. The molecule has 0 atom stereocenters. The van der Waals surface area contributed by atoms with E-state index in [0.29, 0.717) is 12.3 Å². The van der Waals surface area contributed by atoms with E-state index in [0.717, 1.165) is 31.3 Å². The predicted molar refractivity (Wildman–Crippen MR) is 78.9 cm³/mol. The van der Waals surface area contributed by atoms with Crippen LogP contribution < -0.4 is 0 Å². The molecule has 0 unspecified atom stereocenters. The van der Waals surface area contributed by atoms with Gasteiger partial charge in [-0.05, 0) is 36.7 Å². The number of carbonyl (C=O) groups is 1. The van der Waals surface area contributed by atoms with E-state index in [4.69, 9.17) is 0 Å². The van der Waals surface area contributed by atoms with E-state index < -0.39 is 0 Å². The Morgan fingerprint density at radius 1 is 1.21 bits per heavy atom. The largest absolute Gasteiger partial charge is 0.343 e. The van der Waals surface area contributed by atoms with E-state index in [9.17, 15) is 4.79 Å². The lowest BCUT2D eigenvalue weighted by molar-refractivity contribution is -0.132. The van der Waals surface area contributed by atoms with Gasteiger partial charge < -0.3 is 4.90 Å². The van der Waals surface area contributed by atoms with Crippen molar-refractivity contribution < 1.29 is 4.79 Å². The van der Waals surface area contributed by atoms with Crippen LogP contribution in [-0.4, -0.2) is 23.9 Å². The summed E-state index contributed by atoms with van der Waals surface area (Å²) in [6, 6.07) is 10.3. The van der Waals surface area contributed by atoms with Gasteiger partial charge in [0.15, 0.2) is 0 Å². The van der Waals surface area contributed by atoms with Crippen molar-refractivity contribution in [3.05, 3.63) is 35.9 Å². The highest BCUT2D eigenvalue weighted by Gasteiger charge is 2.24. The molecule has 1 aliphatic rings. The number of amides is 1. The van der Waals surface area contributed by atoms with Gasteiger partial charge >= 0.3 is 0 Å². The first-order valence-electron chi connectivity index (χ1n) is 7.48. The van der Waals surface area contributed by atoms with Crippen molar-refractivity contribution in [2.24, 2.45) is 11.8 Å². The fourth-order valence-electron chi connectivity index (χ4n) is 2.87. The Morgan fingerprint density at radius 3 is 2.42 bits per heavy atom. The first-order valence-corrected chi connectivity index (χ1v) is 7.48. The van der Waals surface area contributed by atoms with Crippen LogP contribution in [0.15, 0.2) is 30.3 Å². The van der Waals surface area contributed by atoms with Gasteiger partial charge in [-0.3, -0.25) is 4.79 Å². The van der Waals surface area contributed by atoms with E-state index >= 15 is 0 Å². The van der Waals surface area contributed by atoms with Gasteiger partial charge in [-0.1, -0.05) is 44.2 Å². The monoisotopic (exact) mass is 259 g/mol. The van der Waals surface area contributed by atoms with Crippen LogP contribution in [0.2, 0.25) is 0 Å². The minimum Gasteiger partial charge on any atom is -0.343 e. The Balaban J connectivity index is 1.76. The van der Waals surface area contributed by atoms with Crippen molar-refractivity contribution in [1.82, 2.24) is 4.90 Å². The molecular weight excluding hydrogens is 234 g/mol. The molecule has 0 spiro atoms. The van der Waals surface area contributed by atoms with Gasteiger partial charge in [0, 0.05) is 19.5 Å². The Labute approximate surface area is 116 Å². The van der Waals surface area contributed by atoms with E-state index in [1.54, 1.807) is 0 Å². The summed E-state index contributed by atoms with van der Waals surface area (Å²) in [5.41, 5.74) is 1.26. The van der Waals surface area contributed by atoms with Gasteiger partial charge in [0.2, 0.25) is 5.91 Å². The summed E-state index contributed by atoms with van der Waals surface area (Å²) >= 11 is 0. The number of carbonyl (C=O) groups excluding carboxylic acids is 1. The molecule has 1 amide bonds. The second-order valence-corrected chi connectivity index (χ2v) is 5.95. The molecule has 0 N–H and O–H groups in total. The standard InChI is InChI=1S/C17H25NO/c1-14(2)16-10-12-18(13-11-16)17(19)9-8-15-6-4-3-5-7-15/h3-7,14,16H,8-13H2,1-2H3. The molecule has 19 heavy (non-hydrogen) atoms. The topological polar surface area (TPSA) is 20.3 Å². The van der Waals surface area contributed by atoms with Crippen molar-refractivity contribution in [3.63, 3.8) is 0 Å². The fraction of sp³-hybridized carbons (Fsp3) is 0.588. The normalized spacial score (nSPS) is 16.9. The molecule has 0 saturated carbocycles. The molecule has 104 valence electrons.